The highest BCUT2D eigenvalue weighted by Gasteiger charge is 2.04. The maximum atomic E-state index is 12.0. The molecular formula is C6H9ClF3NO2. The zero-order chi connectivity index (χ0) is 9.56. The number of hydrogen-bond donors (Lipinski definition) is 2. The van der Waals surface area contributed by atoms with Crippen molar-refractivity contribution in [3.8, 4) is 0 Å². The zero-order valence-corrected chi connectivity index (χ0v) is 7.34. The van der Waals surface area contributed by atoms with Crippen molar-refractivity contribution in [2.45, 2.75) is 6.42 Å². The van der Waals surface area contributed by atoms with Crippen molar-refractivity contribution in [3.05, 3.63) is 11.9 Å². The molecule has 0 spiro atoms. The molecule has 0 aliphatic carbocycles. The van der Waals surface area contributed by atoms with Crippen LogP contribution in [0.15, 0.2) is 11.9 Å². The SMILES string of the molecule is Cl.O=C(O)CNCCC(F)=C(F)F. The van der Waals surface area contributed by atoms with Crippen molar-refractivity contribution in [2.75, 3.05) is 13.1 Å². The number of carbonyl (C=O) groups is 1. The van der Waals surface area contributed by atoms with Crippen LogP contribution in [0.5, 0.6) is 0 Å². The molecule has 78 valence electrons. The fourth-order valence-electron chi connectivity index (χ4n) is 0.488. The summed E-state index contributed by atoms with van der Waals surface area (Å²) < 4.78 is 34.7. The first-order chi connectivity index (χ1) is 5.54. The number of nitrogens with one attached hydrogen (secondary N) is 1. The Labute approximate surface area is 79.0 Å². The van der Waals surface area contributed by atoms with Crippen molar-refractivity contribution in [3.63, 3.8) is 0 Å². The lowest BCUT2D eigenvalue weighted by molar-refractivity contribution is -0.135. The fourth-order valence-corrected chi connectivity index (χ4v) is 0.488. The molecular weight excluding hydrogens is 211 g/mol. The summed E-state index contributed by atoms with van der Waals surface area (Å²) in [7, 11) is 0. The normalized spacial score (nSPS) is 8.85. The van der Waals surface area contributed by atoms with E-state index in [4.69, 9.17) is 5.11 Å². The number of halogens is 4. The smallest absolute Gasteiger partial charge is 0.317 e. The Kier molecular flexibility index (Phi) is 8.94. The molecule has 0 fully saturated rings. The Morgan fingerprint density at radius 1 is 1.31 bits per heavy atom. The molecule has 0 aliphatic rings. The van der Waals surface area contributed by atoms with E-state index in [1.165, 1.54) is 0 Å². The van der Waals surface area contributed by atoms with Gasteiger partial charge in [0.05, 0.1) is 6.54 Å². The van der Waals surface area contributed by atoms with E-state index >= 15 is 0 Å². The maximum absolute atomic E-state index is 12.0. The van der Waals surface area contributed by atoms with Crippen LogP contribution >= 0.6 is 12.4 Å². The van der Waals surface area contributed by atoms with Crippen molar-refractivity contribution in [1.29, 1.82) is 0 Å². The molecule has 0 amide bonds. The molecule has 7 heteroatoms. The zero-order valence-electron chi connectivity index (χ0n) is 6.52. The minimum absolute atomic E-state index is 0. The highest BCUT2D eigenvalue weighted by Crippen LogP contribution is 2.11. The first-order valence-electron chi connectivity index (χ1n) is 3.16. The highest BCUT2D eigenvalue weighted by atomic mass is 35.5. The number of aliphatic carboxylic acids is 1. The third kappa shape index (κ3) is 9.16. The van der Waals surface area contributed by atoms with Gasteiger partial charge in [0.15, 0.2) is 5.83 Å². The number of carboxylic acid groups (broad SMARTS) is 1. The summed E-state index contributed by atoms with van der Waals surface area (Å²) in [5.41, 5.74) is 0. The van der Waals surface area contributed by atoms with Gasteiger partial charge in [-0.2, -0.15) is 8.78 Å². The molecule has 0 aromatic rings. The predicted octanol–water partition coefficient (Wildman–Crippen LogP) is 1.55. The molecule has 0 aromatic carbocycles. The first-order valence-corrected chi connectivity index (χ1v) is 3.16. The van der Waals surface area contributed by atoms with Gasteiger partial charge in [-0.15, -0.1) is 12.4 Å². The van der Waals surface area contributed by atoms with Crippen LogP contribution in [-0.4, -0.2) is 24.2 Å². The van der Waals surface area contributed by atoms with Crippen LogP contribution < -0.4 is 5.32 Å². The standard InChI is InChI=1S/C6H8F3NO2.ClH/c7-4(6(8)9)1-2-10-3-5(11)12;/h10H,1-3H2,(H,11,12);1H. The molecule has 0 saturated carbocycles. The molecule has 0 saturated heterocycles. The highest BCUT2D eigenvalue weighted by molar-refractivity contribution is 5.85. The summed E-state index contributed by atoms with van der Waals surface area (Å²) in [6, 6.07) is 0. The largest absolute Gasteiger partial charge is 0.480 e. The average Bonchev–Trinajstić information content (AvgIpc) is 1.97. The second-order valence-corrected chi connectivity index (χ2v) is 1.99. The van der Waals surface area contributed by atoms with Crippen LogP contribution in [0.4, 0.5) is 13.2 Å². The topological polar surface area (TPSA) is 49.3 Å². The second kappa shape index (κ2) is 7.88. The molecule has 2 N–H and O–H groups in total. The number of rotatable bonds is 5. The van der Waals surface area contributed by atoms with Gasteiger partial charge in [-0.05, 0) is 0 Å². The molecule has 3 nitrogen and oxygen atoms in total. The van der Waals surface area contributed by atoms with E-state index in [1.807, 2.05) is 0 Å². The molecule has 0 unspecified atom stereocenters. The monoisotopic (exact) mass is 219 g/mol. The Hall–Kier alpha value is -0.750. The van der Waals surface area contributed by atoms with Crippen molar-refractivity contribution >= 4 is 18.4 Å². The van der Waals surface area contributed by atoms with Crippen molar-refractivity contribution in [1.82, 2.24) is 5.32 Å². The Morgan fingerprint density at radius 3 is 2.23 bits per heavy atom. The van der Waals surface area contributed by atoms with Gasteiger partial charge in [0.1, 0.15) is 0 Å². The third-order valence-electron chi connectivity index (χ3n) is 1.00. The molecule has 0 aromatic heterocycles. The lowest BCUT2D eigenvalue weighted by atomic mass is 10.4. The van der Waals surface area contributed by atoms with Crippen LogP contribution in [0, 0.1) is 0 Å². The summed E-state index contributed by atoms with van der Waals surface area (Å²) in [6.07, 6.45) is -2.84. The average molecular weight is 220 g/mol. The van der Waals surface area contributed by atoms with Gasteiger partial charge in [-0.1, -0.05) is 0 Å². The van der Waals surface area contributed by atoms with E-state index in [-0.39, 0.29) is 25.5 Å². The van der Waals surface area contributed by atoms with E-state index in [9.17, 15) is 18.0 Å². The summed E-state index contributed by atoms with van der Waals surface area (Å²) in [5.74, 6) is -2.62. The summed E-state index contributed by atoms with van der Waals surface area (Å²) in [4.78, 5) is 9.86. The molecule has 13 heavy (non-hydrogen) atoms. The molecule has 0 atom stereocenters. The molecule has 0 bridgehead atoms. The van der Waals surface area contributed by atoms with E-state index < -0.39 is 24.3 Å². The molecule has 0 heterocycles. The molecule has 0 rings (SSSR count). The van der Waals surface area contributed by atoms with E-state index in [0.29, 0.717) is 0 Å². The minimum atomic E-state index is -2.35. The van der Waals surface area contributed by atoms with Crippen LogP contribution in [0.2, 0.25) is 0 Å². The second-order valence-electron chi connectivity index (χ2n) is 1.99. The summed E-state index contributed by atoms with van der Waals surface area (Å²) in [5, 5.41) is 10.3. The van der Waals surface area contributed by atoms with E-state index in [2.05, 4.69) is 5.32 Å². The van der Waals surface area contributed by atoms with E-state index in [1.54, 1.807) is 0 Å². The summed E-state index contributed by atoms with van der Waals surface area (Å²) in [6.45, 7) is -0.476. The fraction of sp³-hybridized carbons (Fsp3) is 0.500. The van der Waals surface area contributed by atoms with E-state index in [0.717, 1.165) is 0 Å². The van der Waals surface area contributed by atoms with Crippen LogP contribution in [0.25, 0.3) is 0 Å². The van der Waals surface area contributed by atoms with Crippen LogP contribution in [-0.2, 0) is 4.79 Å². The van der Waals surface area contributed by atoms with Crippen LogP contribution in [0.3, 0.4) is 0 Å². The lowest BCUT2D eigenvalue weighted by Gasteiger charge is -1.98. The quantitative estimate of drug-likeness (QED) is 0.690. The van der Waals surface area contributed by atoms with Gasteiger partial charge in [0, 0.05) is 13.0 Å². The molecule has 0 aliphatic heterocycles. The number of hydrogen-bond acceptors (Lipinski definition) is 2. The maximum Gasteiger partial charge on any atom is 0.317 e. The van der Waals surface area contributed by atoms with Gasteiger partial charge >= 0.3 is 12.0 Å². The third-order valence-corrected chi connectivity index (χ3v) is 1.00. The van der Waals surface area contributed by atoms with Crippen molar-refractivity contribution < 1.29 is 23.1 Å². The van der Waals surface area contributed by atoms with Gasteiger partial charge in [-0.3, -0.25) is 4.79 Å². The molecule has 0 radical (unpaired) electrons. The predicted molar refractivity (Wildman–Crippen MR) is 42.7 cm³/mol. The van der Waals surface area contributed by atoms with Gasteiger partial charge in [0.25, 0.3) is 0 Å². The lowest BCUT2D eigenvalue weighted by Crippen LogP contribution is -2.23. The first kappa shape index (κ1) is 14.8. The van der Waals surface area contributed by atoms with Gasteiger partial charge in [0.2, 0.25) is 0 Å². The summed E-state index contributed by atoms with van der Waals surface area (Å²) >= 11 is 0. The van der Waals surface area contributed by atoms with Gasteiger partial charge in [-0.25, -0.2) is 4.39 Å². The van der Waals surface area contributed by atoms with Crippen molar-refractivity contribution in [2.24, 2.45) is 0 Å². The minimum Gasteiger partial charge on any atom is -0.480 e. The Balaban J connectivity index is 0. The Bertz CT molecular complexity index is 194. The van der Waals surface area contributed by atoms with Gasteiger partial charge < -0.3 is 10.4 Å². The Morgan fingerprint density at radius 2 is 1.85 bits per heavy atom. The number of carboxylic acids is 1. The van der Waals surface area contributed by atoms with Crippen LogP contribution in [0.1, 0.15) is 6.42 Å².